The number of carbonyl (C=O) groups is 1. The molecule has 0 fully saturated rings. The minimum Gasteiger partial charge on any atom is -0.446 e. The molecule has 0 aliphatic carbocycles. The number of hydrogen-bond donors (Lipinski definition) is 2. The van der Waals surface area contributed by atoms with Gasteiger partial charge in [-0.15, -0.1) is 11.3 Å². The van der Waals surface area contributed by atoms with Gasteiger partial charge in [-0.1, -0.05) is 13.8 Å². The lowest BCUT2D eigenvalue weighted by molar-refractivity contribution is 0.0674. The number of rotatable bonds is 6. The van der Waals surface area contributed by atoms with Gasteiger partial charge in [0, 0.05) is 18.8 Å². The molecule has 0 spiro atoms. The summed E-state index contributed by atoms with van der Waals surface area (Å²) in [6.07, 6.45) is 0.976. The minimum atomic E-state index is -0.399. The molecule has 1 heterocycles. The summed E-state index contributed by atoms with van der Waals surface area (Å²) < 4.78 is 5.29. The average Bonchev–Trinajstić information content (AvgIpc) is 2.81. The van der Waals surface area contributed by atoms with Crippen molar-refractivity contribution < 1.29 is 14.6 Å². The maximum Gasteiger partial charge on any atom is 0.407 e. The molecule has 6 heteroatoms. The highest BCUT2D eigenvalue weighted by molar-refractivity contribution is 7.09. The van der Waals surface area contributed by atoms with Crippen LogP contribution in [0.25, 0.3) is 0 Å². The molecule has 0 bridgehead atoms. The van der Waals surface area contributed by atoms with Crippen molar-refractivity contribution in [3.05, 3.63) is 16.1 Å². The van der Waals surface area contributed by atoms with Crippen molar-refractivity contribution >= 4 is 17.4 Å². The van der Waals surface area contributed by atoms with Crippen molar-refractivity contribution in [3.63, 3.8) is 0 Å². The Kier molecular flexibility index (Phi) is 6.07. The Morgan fingerprint density at radius 2 is 2.33 bits per heavy atom. The number of alkyl carbamates (subject to hydrolysis) is 1. The summed E-state index contributed by atoms with van der Waals surface area (Å²) in [6.45, 7) is 4.02. The monoisotopic (exact) mass is 272 g/mol. The van der Waals surface area contributed by atoms with E-state index in [1.165, 1.54) is 11.3 Å². The number of ether oxygens (including phenoxy) is 1. The zero-order valence-corrected chi connectivity index (χ0v) is 11.8. The van der Waals surface area contributed by atoms with Gasteiger partial charge in [0.25, 0.3) is 0 Å². The molecule has 5 nitrogen and oxygen atoms in total. The van der Waals surface area contributed by atoms with E-state index < -0.39 is 6.09 Å². The first-order valence-electron chi connectivity index (χ1n) is 5.99. The molecule has 0 aromatic carbocycles. The number of nitrogens with zero attached hydrogens (tertiary/aromatic N) is 1. The van der Waals surface area contributed by atoms with Crippen LogP contribution in [-0.4, -0.2) is 29.3 Å². The minimum absolute atomic E-state index is 0.0289. The van der Waals surface area contributed by atoms with E-state index in [0.717, 1.165) is 17.8 Å². The molecule has 1 atom stereocenters. The molecule has 1 aromatic heterocycles. The molecule has 1 unspecified atom stereocenters. The average molecular weight is 272 g/mol. The van der Waals surface area contributed by atoms with E-state index >= 15 is 0 Å². The van der Waals surface area contributed by atoms with Crippen molar-refractivity contribution in [2.75, 3.05) is 7.05 Å². The maximum absolute atomic E-state index is 11.2. The lowest BCUT2D eigenvalue weighted by atomic mass is 10.0. The summed E-state index contributed by atoms with van der Waals surface area (Å²) in [5.41, 5.74) is 0.698. The highest BCUT2D eigenvalue weighted by Crippen LogP contribution is 2.17. The van der Waals surface area contributed by atoms with Crippen LogP contribution in [0.15, 0.2) is 5.38 Å². The molecular weight excluding hydrogens is 252 g/mol. The van der Waals surface area contributed by atoms with Crippen LogP contribution in [0, 0.1) is 5.92 Å². The summed E-state index contributed by atoms with van der Waals surface area (Å²) >= 11 is 1.53. The van der Waals surface area contributed by atoms with E-state index in [1.807, 2.05) is 19.2 Å². The van der Waals surface area contributed by atoms with E-state index in [9.17, 15) is 4.79 Å². The van der Waals surface area contributed by atoms with Crippen molar-refractivity contribution in [2.24, 2.45) is 5.92 Å². The van der Waals surface area contributed by atoms with Crippen LogP contribution >= 0.6 is 11.3 Å². The SMILES string of the molecule is CNC(=O)OC(CCc1nc(CO)cs1)C(C)C. The summed E-state index contributed by atoms with van der Waals surface area (Å²) in [7, 11) is 1.55. The summed E-state index contributed by atoms with van der Waals surface area (Å²) in [6, 6.07) is 0. The number of aryl methyl sites for hydroxylation is 1. The van der Waals surface area contributed by atoms with Crippen LogP contribution in [0.1, 0.15) is 31.0 Å². The fraction of sp³-hybridized carbons (Fsp3) is 0.667. The number of hydrogen-bond acceptors (Lipinski definition) is 5. The van der Waals surface area contributed by atoms with Crippen molar-refractivity contribution in [1.82, 2.24) is 10.3 Å². The number of carbonyl (C=O) groups excluding carboxylic acids is 1. The highest BCUT2D eigenvalue weighted by atomic mass is 32.1. The normalized spacial score (nSPS) is 12.5. The molecule has 1 rings (SSSR count). The van der Waals surface area contributed by atoms with Gasteiger partial charge in [0.2, 0.25) is 0 Å². The Morgan fingerprint density at radius 3 is 2.83 bits per heavy atom. The van der Waals surface area contributed by atoms with Crippen LogP contribution in [0.3, 0.4) is 0 Å². The van der Waals surface area contributed by atoms with Crippen LogP contribution < -0.4 is 5.32 Å². The maximum atomic E-state index is 11.2. The van der Waals surface area contributed by atoms with E-state index in [0.29, 0.717) is 5.69 Å². The molecule has 0 aliphatic rings. The fourth-order valence-electron chi connectivity index (χ4n) is 1.53. The number of thiazole rings is 1. The first kappa shape index (κ1) is 14.9. The predicted molar refractivity (Wildman–Crippen MR) is 70.5 cm³/mol. The number of aliphatic hydroxyl groups excluding tert-OH is 1. The molecule has 0 saturated heterocycles. The second-order valence-corrected chi connectivity index (χ2v) is 5.31. The predicted octanol–water partition coefficient (Wildman–Crippen LogP) is 1.95. The number of amides is 1. The van der Waals surface area contributed by atoms with Gasteiger partial charge in [-0.2, -0.15) is 0 Å². The first-order valence-corrected chi connectivity index (χ1v) is 6.87. The van der Waals surface area contributed by atoms with Gasteiger partial charge in [-0.05, 0) is 12.3 Å². The standard InChI is InChI=1S/C12H20N2O3S/c1-8(2)10(17-12(16)13-3)4-5-11-14-9(6-15)7-18-11/h7-8,10,15H,4-6H2,1-3H3,(H,13,16). The van der Waals surface area contributed by atoms with E-state index in [-0.39, 0.29) is 18.6 Å². The van der Waals surface area contributed by atoms with Crippen LogP contribution in [0.5, 0.6) is 0 Å². The summed E-state index contributed by atoms with van der Waals surface area (Å²) in [4.78, 5) is 15.5. The van der Waals surface area contributed by atoms with Crippen LogP contribution in [0.4, 0.5) is 4.79 Å². The lowest BCUT2D eigenvalue weighted by Crippen LogP contribution is -2.29. The Bertz CT molecular complexity index is 379. The summed E-state index contributed by atoms with van der Waals surface area (Å²) in [5.74, 6) is 0.263. The first-order chi connectivity index (χ1) is 8.56. The van der Waals surface area contributed by atoms with Crippen LogP contribution in [0.2, 0.25) is 0 Å². The molecule has 18 heavy (non-hydrogen) atoms. The molecule has 1 aromatic rings. The van der Waals surface area contributed by atoms with E-state index in [2.05, 4.69) is 10.3 Å². The van der Waals surface area contributed by atoms with Gasteiger partial charge in [0.1, 0.15) is 6.10 Å². The van der Waals surface area contributed by atoms with Gasteiger partial charge in [-0.3, -0.25) is 0 Å². The van der Waals surface area contributed by atoms with E-state index in [4.69, 9.17) is 9.84 Å². The Balaban J connectivity index is 2.48. The van der Waals surface area contributed by atoms with Crippen molar-refractivity contribution in [2.45, 2.75) is 39.4 Å². The van der Waals surface area contributed by atoms with Crippen molar-refractivity contribution in [1.29, 1.82) is 0 Å². The Hall–Kier alpha value is -1.14. The molecular formula is C12H20N2O3S. The number of aliphatic hydroxyl groups is 1. The number of aromatic nitrogens is 1. The molecule has 0 radical (unpaired) electrons. The van der Waals surface area contributed by atoms with Crippen LogP contribution in [-0.2, 0) is 17.8 Å². The van der Waals surface area contributed by atoms with Gasteiger partial charge < -0.3 is 15.2 Å². The Labute approximate surface area is 111 Å². The summed E-state index contributed by atoms with van der Waals surface area (Å²) in [5, 5.41) is 14.2. The molecule has 1 amide bonds. The molecule has 2 N–H and O–H groups in total. The second kappa shape index (κ2) is 7.33. The smallest absolute Gasteiger partial charge is 0.407 e. The van der Waals surface area contributed by atoms with E-state index in [1.54, 1.807) is 7.05 Å². The third-order valence-corrected chi connectivity index (χ3v) is 3.57. The lowest BCUT2D eigenvalue weighted by Gasteiger charge is -2.20. The number of nitrogens with one attached hydrogen (secondary N) is 1. The third kappa shape index (κ3) is 4.62. The largest absolute Gasteiger partial charge is 0.446 e. The quantitative estimate of drug-likeness (QED) is 0.830. The third-order valence-electron chi connectivity index (χ3n) is 2.61. The van der Waals surface area contributed by atoms with Gasteiger partial charge in [-0.25, -0.2) is 9.78 Å². The zero-order valence-electron chi connectivity index (χ0n) is 11.0. The molecule has 0 aliphatic heterocycles. The fourth-order valence-corrected chi connectivity index (χ4v) is 2.33. The Morgan fingerprint density at radius 1 is 1.61 bits per heavy atom. The topological polar surface area (TPSA) is 71.5 Å². The molecule has 0 saturated carbocycles. The van der Waals surface area contributed by atoms with Gasteiger partial charge in [0.05, 0.1) is 17.3 Å². The van der Waals surface area contributed by atoms with Gasteiger partial charge >= 0.3 is 6.09 Å². The molecule has 102 valence electrons. The highest BCUT2D eigenvalue weighted by Gasteiger charge is 2.18. The second-order valence-electron chi connectivity index (χ2n) is 4.37. The zero-order chi connectivity index (χ0) is 13.5. The van der Waals surface area contributed by atoms with Crippen molar-refractivity contribution in [3.8, 4) is 0 Å². The van der Waals surface area contributed by atoms with Gasteiger partial charge in [0.15, 0.2) is 0 Å².